The Bertz CT molecular complexity index is 390. The monoisotopic (exact) mass is 276 g/mol. The second kappa shape index (κ2) is 10.3. The molecule has 0 aliphatic carbocycles. The molecule has 1 aromatic rings. The van der Waals surface area contributed by atoms with Gasteiger partial charge in [0.15, 0.2) is 0 Å². The van der Waals surface area contributed by atoms with Crippen LogP contribution in [0.1, 0.15) is 58.8 Å². The van der Waals surface area contributed by atoms with E-state index in [1.807, 2.05) is 31.2 Å². The Morgan fingerprint density at radius 3 is 2.45 bits per heavy atom. The Labute approximate surface area is 123 Å². The van der Waals surface area contributed by atoms with Gasteiger partial charge >= 0.3 is 0 Å². The molecular formula is C17H28N2O. The van der Waals surface area contributed by atoms with Crippen LogP contribution in [0.5, 0.6) is 0 Å². The summed E-state index contributed by atoms with van der Waals surface area (Å²) in [5.74, 6) is 0.0538. The molecule has 1 aromatic carbocycles. The maximum atomic E-state index is 11.3. The van der Waals surface area contributed by atoms with Gasteiger partial charge in [-0.2, -0.15) is 0 Å². The van der Waals surface area contributed by atoms with Crippen molar-refractivity contribution >= 4 is 17.3 Å². The molecule has 3 nitrogen and oxygen atoms in total. The summed E-state index contributed by atoms with van der Waals surface area (Å²) >= 11 is 0. The van der Waals surface area contributed by atoms with Gasteiger partial charge in [0, 0.05) is 24.3 Å². The molecule has 3 heteroatoms. The molecule has 0 atom stereocenters. The van der Waals surface area contributed by atoms with Gasteiger partial charge in [-0.05, 0) is 24.6 Å². The Kier molecular flexibility index (Phi) is 8.52. The fraction of sp³-hybridized carbons (Fsp3) is 0.588. The van der Waals surface area contributed by atoms with E-state index in [2.05, 4.69) is 17.6 Å². The molecule has 1 rings (SSSR count). The summed E-state index contributed by atoms with van der Waals surface area (Å²) in [5.41, 5.74) is 1.94. The van der Waals surface area contributed by atoms with E-state index in [4.69, 9.17) is 0 Å². The first-order valence-electron chi connectivity index (χ1n) is 7.90. The average molecular weight is 276 g/mol. The summed E-state index contributed by atoms with van der Waals surface area (Å²) in [6, 6.07) is 7.92. The molecule has 0 aliphatic rings. The zero-order chi connectivity index (χ0) is 14.6. The third-order valence-electron chi connectivity index (χ3n) is 3.33. The van der Waals surface area contributed by atoms with Crippen LogP contribution in [0.15, 0.2) is 24.3 Å². The van der Waals surface area contributed by atoms with Gasteiger partial charge in [-0.1, -0.05) is 52.0 Å². The summed E-state index contributed by atoms with van der Waals surface area (Å²) in [5, 5.41) is 6.29. The van der Waals surface area contributed by atoms with Gasteiger partial charge in [-0.25, -0.2) is 0 Å². The molecule has 2 N–H and O–H groups in total. The second-order valence-corrected chi connectivity index (χ2v) is 5.18. The number of hydrogen-bond donors (Lipinski definition) is 2. The quantitative estimate of drug-likeness (QED) is 0.602. The van der Waals surface area contributed by atoms with Crippen LogP contribution in [-0.4, -0.2) is 12.5 Å². The first-order valence-corrected chi connectivity index (χ1v) is 7.90. The summed E-state index contributed by atoms with van der Waals surface area (Å²) in [6.45, 7) is 5.10. The molecule has 0 aliphatic heterocycles. The van der Waals surface area contributed by atoms with Crippen molar-refractivity contribution in [2.75, 3.05) is 17.2 Å². The lowest BCUT2D eigenvalue weighted by Gasteiger charge is -2.09. The van der Waals surface area contributed by atoms with Crippen molar-refractivity contribution in [2.24, 2.45) is 0 Å². The summed E-state index contributed by atoms with van der Waals surface area (Å²) < 4.78 is 0. The van der Waals surface area contributed by atoms with Gasteiger partial charge in [0.2, 0.25) is 5.91 Å². The molecule has 112 valence electrons. The molecule has 0 fully saturated rings. The lowest BCUT2D eigenvalue weighted by atomic mass is 10.1. The van der Waals surface area contributed by atoms with Gasteiger partial charge in [0.1, 0.15) is 0 Å². The zero-order valence-electron chi connectivity index (χ0n) is 12.9. The van der Waals surface area contributed by atoms with E-state index >= 15 is 0 Å². The van der Waals surface area contributed by atoms with E-state index in [9.17, 15) is 4.79 Å². The minimum absolute atomic E-state index is 0.0538. The highest BCUT2D eigenvalue weighted by molar-refractivity contribution is 5.90. The molecule has 0 aromatic heterocycles. The number of carbonyl (C=O) groups is 1. The highest BCUT2D eigenvalue weighted by atomic mass is 16.1. The van der Waals surface area contributed by atoms with Crippen molar-refractivity contribution in [1.82, 2.24) is 0 Å². The van der Waals surface area contributed by atoms with Gasteiger partial charge in [-0.3, -0.25) is 4.79 Å². The van der Waals surface area contributed by atoms with E-state index in [1.54, 1.807) is 0 Å². The number of rotatable bonds is 10. The number of unbranched alkanes of at least 4 members (excludes halogenated alkanes) is 5. The highest BCUT2D eigenvalue weighted by Crippen LogP contribution is 2.15. The first kappa shape index (κ1) is 16.5. The minimum Gasteiger partial charge on any atom is -0.385 e. The van der Waals surface area contributed by atoms with Crippen molar-refractivity contribution in [3.8, 4) is 0 Å². The summed E-state index contributed by atoms with van der Waals surface area (Å²) in [4.78, 5) is 11.3. The number of hydrogen-bond acceptors (Lipinski definition) is 2. The van der Waals surface area contributed by atoms with Crippen molar-refractivity contribution in [3.05, 3.63) is 24.3 Å². The van der Waals surface area contributed by atoms with Gasteiger partial charge in [0.25, 0.3) is 0 Å². The lowest BCUT2D eigenvalue weighted by Crippen LogP contribution is -2.09. The fourth-order valence-electron chi connectivity index (χ4n) is 2.09. The molecule has 0 bridgehead atoms. The number of benzene rings is 1. The van der Waals surface area contributed by atoms with Crippen LogP contribution >= 0.6 is 0 Å². The molecule has 0 spiro atoms. The van der Waals surface area contributed by atoms with E-state index in [1.165, 1.54) is 38.5 Å². The molecule has 0 unspecified atom stereocenters. The van der Waals surface area contributed by atoms with Crippen molar-refractivity contribution in [1.29, 1.82) is 0 Å². The third-order valence-corrected chi connectivity index (χ3v) is 3.33. The Balaban J connectivity index is 2.23. The predicted octanol–water partition coefficient (Wildman–Crippen LogP) is 4.81. The topological polar surface area (TPSA) is 41.1 Å². The molecule has 0 radical (unpaired) electrons. The number of amides is 1. The van der Waals surface area contributed by atoms with E-state index < -0.39 is 0 Å². The minimum atomic E-state index is 0.0538. The smallest absolute Gasteiger partial charge is 0.224 e. The van der Waals surface area contributed by atoms with Crippen molar-refractivity contribution in [2.45, 2.75) is 58.8 Å². The zero-order valence-corrected chi connectivity index (χ0v) is 12.9. The molecule has 1 amide bonds. The standard InChI is InChI=1S/C17H28N2O/c1-3-5-6-7-8-9-13-18-15-11-10-12-16(14-15)19-17(20)4-2/h10-12,14,18H,3-9,13H2,1-2H3,(H,19,20). The van der Waals surface area contributed by atoms with Gasteiger partial charge < -0.3 is 10.6 Å². The molecular weight excluding hydrogens is 248 g/mol. The van der Waals surface area contributed by atoms with Crippen LogP contribution in [-0.2, 0) is 4.79 Å². The number of nitrogens with one attached hydrogen (secondary N) is 2. The first-order chi connectivity index (χ1) is 9.76. The number of carbonyl (C=O) groups excluding carboxylic acids is 1. The maximum Gasteiger partial charge on any atom is 0.224 e. The van der Waals surface area contributed by atoms with E-state index in [0.717, 1.165) is 17.9 Å². The van der Waals surface area contributed by atoms with Crippen molar-refractivity contribution < 1.29 is 4.79 Å². The Hall–Kier alpha value is -1.51. The SMILES string of the molecule is CCCCCCCCNc1cccc(NC(=O)CC)c1. The summed E-state index contributed by atoms with van der Waals surface area (Å²) in [6.07, 6.45) is 8.35. The summed E-state index contributed by atoms with van der Waals surface area (Å²) in [7, 11) is 0. The lowest BCUT2D eigenvalue weighted by molar-refractivity contribution is -0.115. The van der Waals surface area contributed by atoms with Crippen LogP contribution in [0.3, 0.4) is 0 Å². The van der Waals surface area contributed by atoms with Crippen LogP contribution in [0.2, 0.25) is 0 Å². The van der Waals surface area contributed by atoms with E-state index in [0.29, 0.717) is 6.42 Å². The van der Waals surface area contributed by atoms with E-state index in [-0.39, 0.29) is 5.91 Å². The van der Waals surface area contributed by atoms with Crippen LogP contribution < -0.4 is 10.6 Å². The molecule has 0 heterocycles. The van der Waals surface area contributed by atoms with Gasteiger partial charge in [0.05, 0.1) is 0 Å². The maximum absolute atomic E-state index is 11.3. The van der Waals surface area contributed by atoms with Crippen LogP contribution in [0.25, 0.3) is 0 Å². The largest absolute Gasteiger partial charge is 0.385 e. The van der Waals surface area contributed by atoms with Crippen LogP contribution in [0, 0.1) is 0 Å². The fourth-order valence-corrected chi connectivity index (χ4v) is 2.09. The van der Waals surface area contributed by atoms with Crippen molar-refractivity contribution in [3.63, 3.8) is 0 Å². The van der Waals surface area contributed by atoms with Crippen LogP contribution in [0.4, 0.5) is 11.4 Å². The molecule has 0 saturated carbocycles. The predicted molar refractivity (Wildman–Crippen MR) is 87.2 cm³/mol. The Morgan fingerprint density at radius 1 is 1.00 bits per heavy atom. The third kappa shape index (κ3) is 7.17. The Morgan fingerprint density at radius 2 is 1.70 bits per heavy atom. The number of anilines is 2. The van der Waals surface area contributed by atoms with Gasteiger partial charge in [-0.15, -0.1) is 0 Å². The normalized spacial score (nSPS) is 10.3. The highest BCUT2D eigenvalue weighted by Gasteiger charge is 1.99. The average Bonchev–Trinajstić information content (AvgIpc) is 2.46. The second-order valence-electron chi connectivity index (χ2n) is 5.18. The molecule has 20 heavy (non-hydrogen) atoms. The molecule has 0 saturated heterocycles.